The first-order valence-corrected chi connectivity index (χ1v) is 7.87. The number of hydrogen-bond donors (Lipinski definition) is 1. The Kier molecular flexibility index (Phi) is 3.95. The summed E-state index contributed by atoms with van der Waals surface area (Å²) in [6, 6.07) is 6.03. The first-order chi connectivity index (χ1) is 10.1. The van der Waals surface area contributed by atoms with Crippen molar-refractivity contribution in [3.63, 3.8) is 0 Å². The molecule has 3 rings (SSSR count). The van der Waals surface area contributed by atoms with Gasteiger partial charge in [-0.1, -0.05) is 25.3 Å². The third-order valence-corrected chi connectivity index (χ3v) is 4.56. The molecule has 0 radical (unpaired) electrons. The van der Waals surface area contributed by atoms with E-state index in [0.717, 1.165) is 37.1 Å². The van der Waals surface area contributed by atoms with Crippen LogP contribution < -0.4 is 10.2 Å². The second-order valence-electron chi connectivity index (χ2n) is 6.07. The van der Waals surface area contributed by atoms with Crippen LogP contribution in [0.4, 0.5) is 5.69 Å². The van der Waals surface area contributed by atoms with E-state index in [1.54, 1.807) is 11.8 Å². The zero-order valence-electron chi connectivity index (χ0n) is 12.5. The van der Waals surface area contributed by atoms with Gasteiger partial charge in [-0.3, -0.25) is 9.59 Å². The van der Waals surface area contributed by atoms with E-state index in [4.69, 9.17) is 0 Å². The van der Waals surface area contributed by atoms with Crippen LogP contribution in [0.5, 0.6) is 0 Å². The van der Waals surface area contributed by atoms with Crippen LogP contribution >= 0.6 is 0 Å². The second kappa shape index (κ2) is 5.88. The molecule has 2 aliphatic rings. The van der Waals surface area contributed by atoms with Gasteiger partial charge in [0.1, 0.15) is 0 Å². The summed E-state index contributed by atoms with van der Waals surface area (Å²) in [6.07, 6.45) is 6.71. The minimum absolute atomic E-state index is 0.0138. The molecule has 4 heteroatoms. The topological polar surface area (TPSA) is 49.4 Å². The Morgan fingerprint density at radius 1 is 1.19 bits per heavy atom. The molecule has 1 aliphatic heterocycles. The van der Waals surface area contributed by atoms with Crippen molar-refractivity contribution in [2.24, 2.45) is 0 Å². The smallest absolute Gasteiger partial charge is 0.251 e. The Labute approximate surface area is 125 Å². The number of benzene rings is 1. The molecule has 0 unspecified atom stereocenters. The highest BCUT2D eigenvalue weighted by Crippen LogP contribution is 2.29. The van der Waals surface area contributed by atoms with E-state index in [1.807, 2.05) is 18.2 Å². The molecule has 112 valence electrons. The van der Waals surface area contributed by atoms with Crippen LogP contribution in [-0.2, 0) is 11.2 Å². The van der Waals surface area contributed by atoms with Crippen LogP contribution in [0.3, 0.4) is 0 Å². The summed E-state index contributed by atoms with van der Waals surface area (Å²) < 4.78 is 0. The summed E-state index contributed by atoms with van der Waals surface area (Å²) in [5, 5.41) is 3.13. The predicted molar refractivity (Wildman–Crippen MR) is 82.5 cm³/mol. The van der Waals surface area contributed by atoms with Crippen LogP contribution in [0.1, 0.15) is 54.9 Å². The van der Waals surface area contributed by atoms with Gasteiger partial charge in [-0.15, -0.1) is 0 Å². The molecule has 2 amide bonds. The summed E-state index contributed by atoms with van der Waals surface area (Å²) in [5.74, 6) is 0.0266. The van der Waals surface area contributed by atoms with Crippen molar-refractivity contribution in [2.75, 3.05) is 11.4 Å². The zero-order chi connectivity index (χ0) is 14.8. The number of rotatable bonds is 2. The molecule has 0 atom stereocenters. The van der Waals surface area contributed by atoms with Gasteiger partial charge >= 0.3 is 0 Å². The molecule has 1 fully saturated rings. The van der Waals surface area contributed by atoms with E-state index in [1.165, 1.54) is 19.3 Å². The van der Waals surface area contributed by atoms with Gasteiger partial charge in [0, 0.05) is 30.8 Å². The number of amides is 2. The monoisotopic (exact) mass is 286 g/mol. The van der Waals surface area contributed by atoms with E-state index >= 15 is 0 Å². The fourth-order valence-electron chi connectivity index (χ4n) is 3.36. The van der Waals surface area contributed by atoms with Gasteiger partial charge in [-0.25, -0.2) is 0 Å². The molecule has 0 aromatic heterocycles. The third-order valence-electron chi connectivity index (χ3n) is 4.56. The van der Waals surface area contributed by atoms with Crippen LogP contribution in [0, 0.1) is 0 Å². The van der Waals surface area contributed by atoms with E-state index < -0.39 is 0 Å². The minimum atomic E-state index is -0.0138. The van der Waals surface area contributed by atoms with E-state index in [0.29, 0.717) is 11.6 Å². The van der Waals surface area contributed by atoms with Gasteiger partial charge in [0.05, 0.1) is 0 Å². The molecule has 0 spiro atoms. The van der Waals surface area contributed by atoms with Crippen molar-refractivity contribution >= 4 is 17.5 Å². The molecule has 21 heavy (non-hydrogen) atoms. The van der Waals surface area contributed by atoms with Crippen molar-refractivity contribution in [3.8, 4) is 0 Å². The molecule has 0 bridgehead atoms. The van der Waals surface area contributed by atoms with Crippen LogP contribution in [-0.4, -0.2) is 24.4 Å². The summed E-state index contributed by atoms with van der Waals surface area (Å²) in [5.41, 5.74) is 2.71. The number of fused-ring (bicyclic) bond motifs is 1. The number of nitrogens with zero attached hydrogens (tertiary/aromatic N) is 1. The predicted octanol–water partition coefficient (Wildman–Crippen LogP) is 2.66. The first kappa shape index (κ1) is 14.1. The maximum absolute atomic E-state index is 12.4. The minimum Gasteiger partial charge on any atom is -0.349 e. The maximum atomic E-state index is 12.4. The molecule has 0 saturated heterocycles. The molecule has 1 saturated carbocycles. The standard InChI is InChI=1S/C17H22N2O2/c1-12(20)19-10-9-13-7-8-14(11-16(13)19)17(21)18-15-5-3-2-4-6-15/h7-8,11,15H,2-6,9-10H2,1H3,(H,18,21). The lowest BCUT2D eigenvalue weighted by Gasteiger charge is -2.23. The quantitative estimate of drug-likeness (QED) is 0.908. The Hall–Kier alpha value is -1.84. The molecular formula is C17H22N2O2. The molecule has 1 aromatic carbocycles. The van der Waals surface area contributed by atoms with Crippen LogP contribution in [0.25, 0.3) is 0 Å². The maximum Gasteiger partial charge on any atom is 0.251 e. The average Bonchev–Trinajstić information content (AvgIpc) is 2.91. The molecule has 1 heterocycles. The van der Waals surface area contributed by atoms with Crippen molar-refractivity contribution in [3.05, 3.63) is 29.3 Å². The Morgan fingerprint density at radius 3 is 2.67 bits per heavy atom. The van der Waals surface area contributed by atoms with E-state index in [2.05, 4.69) is 5.32 Å². The normalized spacial score (nSPS) is 18.4. The fraction of sp³-hybridized carbons (Fsp3) is 0.529. The van der Waals surface area contributed by atoms with Gasteiger partial charge in [0.25, 0.3) is 5.91 Å². The van der Waals surface area contributed by atoms with E-state index in [9.17, 15) is 9.59 Å². The lowest BCUT2D eigenvalue weighted by atomic mass is 9.95. The van der Waals surface area contributed by atoms with E-state index in [-0.39, 0.29) is 11.8 Å². The molecule has 1 aromatic rings. The molecule has 4 nitrogen and oxygen atoms in total. The molecular weight excluding hydrogens is 264 g/mol. The Balaban J connectivity index is 1.75. The van der Waals surface area contributed by atoms with Gasteiger partial charge in [0.2, 0.25) is 5.91 Å². The highest BCUT2D eigenvalue weighted by atomic mass is 16.2. The highest BCUT2D eigenvalue weighted by Gasteiger charge is 2.24. The first-order valence-electron chi connectivity index (χ1n) is 7.87. The highest BCUT2D eigenvalue weighted by molar-refractivity contribution is 5.99. The third kappa shape index (κ3) is 2.94. The SMILES string of the molecule is CC(=O)N1CCc2ccc(C(=O)NC3CCCCC3)cc21. The van der Waals surface area contributed by atoms with Crippen LogP contribution in [0.2, 0.25) is 0 Å². The Bertz CT molecular complexity index is 562. The summed E-state index contributed by atoms with van der Waals surface area (Å²) in [7, 11) is 0. The van der Waals surface area contributed by atoms with Crippen molar-refractivity contribution in [1.82, 2.24) is 5.32 Å². The lowest BCUT2D eigenvalue weighted by Crippen LogP contribution is -2.36. The van der Waals surface area contributed by atoms with Gasteiger partial charge in [0.15, 0.2) is 0 Å². The van der Waals surface area contributed by atoms with Crippen molar-refractivity contribution in [1.29, 1.82) is 0 Å². The fourth-order valence-corrected chi connectivity index (χ4v) is 3.36. The summed E-state index contributed by atoms with van der Waals surface area (Å²) in [4.78, 5) is 25.8. The molecule has 1 N–H and O–H groups in total. The summed E-state index contributed by atoms with van der Waals surface area (Å²) in [6.45, 7) is 2.29. The second-order valence-corrected chi connectivity index (χ2v) is 6.07. The number of hydrogen-bond acceptors (Lipinski definition) is 2. The summed E-state index contributed by atoms with van der Waals surface area (Å²) >= 11 is 0. The number of carbonyl (C=O) groups excluding carboxylic acids is 2. The zero-order valence-corrected chi connectivity index (χ0v) is 12.5. The van der Waals surface area contributed by atoms with Crippen LogP contribution in [0.15, 0.2) is 18.2 Å². The Morgan fingerprint density at radius 2 is 1.95 bits per heavy atom. The number of carbonyl (C=O) groups is 2. The van der Waals surface area contributed by atoms with Gasteiger partial charge in [-0.2, -0.15) is 0 Å². The largest absolute Gasteiger partial charge is 0.349 e. The van der Waals surface area contributed by atoms with Gasteiger partial charge < -0.3 is 10.2 Å². The van der Waals surface area contributed by atoms with Crippen molar-refractivity contribution < 1.29 is 9.59 Å². The number of nitrogens with one attached hydrogen (secondary N) is 1. The average molecular weight is 286 g/mol. The van der Waals surface area contributed by atoms with Gasteiger partial charge in [-0.05, 0) is 37.0 Å². The lowest BCUT2D eigenvalue weighted by molar-refractivity contribution is -0.116. The number of anilines is 1. The van der Waals surface area contributed by atoms with Crippen molar-refractivity contribution in [2.45, 2.75) is 51.5 Å². The molecule has 1 aliphatic carbocycles.